The zero-order valence-corrected chi connectivity index (χ0v) is 20.8. The minimum Gasteiger partial charge on any atom is -0.445 e. The van der Waals surface area contributed by atoms with E-state index in [1.807, 2.05) is 51.1 Å². The molecule has 4 atom stereocenters. The SMILES string of the molecule is CO[C@@H]1CC[C@H](N2CC[C@H](NC(=O)OCc3ccccc3)C2=O)[C@@H](N(C)C(=O)OC(C)(C)C)C1. The van der Waals surface area contributed by atoms with Crippen molar-refractivity contribution in [2.75, 3.05) is 20.7 Å². The predicted molar refractivity (Wildman–Crippen MR) is 126 cm³/mol. The number of carbonyl (C=O) groups is 3. The molecular formula is C25H37N3O6. The van der Waals surface area contributed by atoms with Gasteiger partial charge in [-0.15, -0.1) is 0 Å². The van der Waals surface area contributed by atoms with Crippen molar-refractivity contribution in [3.63, 3.8) is 0 Å². The fraction of sp³-hybridized carbons (Fsp3) is 0.640. The van der Waals surface area contributed by atoms with Crippen LogP contribution in [0.5, 0.6) is 0 Å². The molecule has 0 radical (unpaired) electrons. The standard InChI is InChI=1S/C25H37N3O6/c1-25(2,3)34-24(31)27(4)21-15-18(32-5)11-12-20(21)28-14-13-19(22(28)29)26-23(30)33-16-17-9-7-6-8-10-17/h6-10,18-21H,11-16H2,1-5H3,(H,26,30)/t18-,19+,20+,21+/m1/s1. The largest absolute Gasteiger partial charge is 0.445 e. The van der Waals surface area contributed by atoms with Crippen molar-refractivity contribution in [1.82, 2.24) is 15.1 Å². The fourth-order valence-electron chi connectivity index (χ4n) is 4.63. The van der Waals surface area contributed by atoms with Gasteiger partial charge in [0.05, 0.1) is 18.2 Å². The highest BCUT2D eigenvalue weighted by Gasteiger charge is 2.45. The topological polar surface area (TPSA) is 97.4 Å². The highest BCUT2D eigenvalue weighted by Crippen LogP contribution is 2.32. The number of carbonyl (C=O) groups excluding carboxylic acids is 3. The number of rotatable bonds is 6. The number of alkyl carbamates (subject to hydrolysis) is 1. The molecule has 1 heterocycles. The summed E-state index contributed by atoms with van der Waals surface area (Å²) in [4.78, 5) is 41.7. The van der Waals surface area contributed by atoms with Gasteiger partial charge in [0.2, 0.25) is 5.91 Å². The first kappa shape index (κ1) is 25.8. The highest BCUT2D eigenvalue weighted by molar-refractivity contribution is 5.87. The van der Waals surface area contributed by atoms with E-state index in [4.69, 9.17) is 14.2 Å². The number of benzene rings is 1. The molecule has 9 nitrogen and oxygen atoms in total. The second kappa shape index (κ2) is 11.1. The van der Waals surface area contributed by atoms with Crippen molar-refractivity contribution in [2.45, 2.75) is 82.9 Å². The molecule has 188 valence electrons. The van der Waals surface area contributed by atoms with Crippen LogP contribution in [0.15, 0.2) is 30.3 Å². The lowest BCUT2D eigenvalue weighted by molar-refractivity contribution is -0.134. The Hall–Kier alpha value is -2.81. The molecule has 0 spiro atoms. The summed E-state index contributed by atoms with van der Waals surface area (Å²) < 4.78 is 16.4. The van der Waals surface area contributed by atoms with Crippen LogP contribution in [0.25, 0.3) is 0 Å². The minimum absolute atomic E-state index is 0.00530. The van der Waals surface area contributed by atoms with Crippen LogP contribution in [-0.4, -0.2) is 78.4 Å². The smallest absolute Gasteiger partial charge is 0.410 e. The fourth-order valence-corrected chi connectivity index (χ4v) is 4.63. The van der Waals surface area contributed by atoms with Crippen LogP contribution in [-0.2, 0) is 25.6 Å². The number of likely N-dealkylation sites (N-methyl/N-ethyl adjacent to an activating group) is 1. The third-order valence-corrected chi connectivity index (χ3v) is 6.39. The summed E-state index contributed by atoms with van der Waals surface area (Å²) in [7, 11) is 3.37. The van der Waals surface area contributed by atoms with Gasteiger partial charge in [-0.2, -0.15) is 0 Å². The molecule has 1 aromatic rings. The van der Waals surface area contributed by atoms with Gasteiger partial charge in [-0.1, -0.05) is 30.3 Å². The molecule has 1 aromatic carbocycles. The molecule has 0 unspecified atom stereocenters. The second-order valence-corrected chi connectivity index (χ2v) is 9.98. The van der Waals surface area contributed by atoms with E-state index in [0.717, 1.165) is 12.0 Å². The van der Waals surface area contributed by atoms with Crippen LogP contribution in [0, 0.1) is 0 Å². The lowest BCUT2D eigenvalue weighted by atomic mass is 9.86. The summed E-state index contributed by atoms with van der Waals surface area (Å²) in [6.07, 6.45) is 1.56. The number of nitrogens with one attached hydrogen (secondary N) is 1. The summed E-state index contributed by atoms with van der Waals surface area (Å²) in [6.45, 7) is 6.12. The lowest BCUT2D eigenvalue weighted by Crippen LogP contribution is -2.58. The first-order valence-electron chi connectivity index (χ1n) is 11.9. The molecule has 1 saturated heterocycles. The maximum atomic E-state index is 13.2. The molecule has 1 aliphatic heterocycles. The Morgan fingerprint density at radius 3 is 2.50 bits per heavy atom. The number of hydrogen-bond acceptors (Lipinski definition) is 6. The molecule has 2 aliphatic rings. The van der Waals surface area contributed by atoms with Crippen LogP contribution in [0.1, 0.15) is 52.0 Å². The first-order valence-corrected chi connectivity index (χ1v) is 11.9. The van der Waals surface area contributed by atoms with Crippen molar-refractivity contribution in [2.24, 2.45) is 0 Å². The highest BCUT2D eigenvalue weighted by atomic mass is 16.6. The maximum Gasteiger partial charge on any atom is 0.410 e. The molecular weight excluding hydrogens is 438 g/mol. The van der Waals surface area contributed by atoms with E-state index in [1.165, 1.54) is 0 Å². The summed E-state index contributed by atoms with van der Waals surface area (Å²) in [5.74, 6) is -0.153. The number of methoxy groups -OCH3 is 1. The van der Waals surface area contributed by atoms with E-state index in [0.29, 0.717) is 25.8 Å². The van der Waals surface area contributed by atoms with E-state index in [2.05, 4.69) is 5.32 Å². The van der Waals surface area contributed by atoms with Crippen molar-refractivity contribution in [3.05, 3.63) is 35.9 Å². The van der Waals surface area contributed by atoms with Gasteiger partial charge in [-0.25, -0.2) is 9.59 Å². The van der Waals surface area contributed by atoms with Crippen molar-refractivity contribution >= 4 is 18.1 Å². The zero-order chi connectivity index (χ0) is 24.9. The van der Waals surface area contributed by atoms with Crippen LogP contribution in [0.4, 0.5) is 9.59 Å². The number of ether oxygens (including phenoxy) is 3. The van der Waals surface area contributed by atoms with Gasteiger partial charge >= 0.3 is 12.2 Å². The molecule has 9 heteroatoms. The van der Waals surface area contributed by atoms with Crippen molar-refractivity contribution in [1.29, 1.82) is 0 Å². The quantitative estimate of drug-likeness (QED) is 0.678. The summed E-state index contributed by atoms with van der Waals surface area (Å²) in [5.41, 5.74) is 0.259. The monoisotopic (exact) mass is 475 g/mol. The Kier molecular flexibility index (Phi) is 8.41. The van der Waals surface area contributed by atoms with E-state index < -0.39 is 23.8 Å². The Bertz CT molecular complexity index is 856. The van der Waals surface area contributed by atoms with Gasteiger partial charge in [0.25, 0.3) is 0 Å². The minimum atomic E-state index is -0.643. The van der Waals surface area contributed by atoms with Gasteiger partial charge in [-0.05, 0) is 52.0 Å². The number of likely N-dealkylation sites (tertiary alicyclic amines) is 1. The van der Waals surface area contributed by atoms with E-state index >= 15 is 0 Å². The van der Waals surface area contributed by atoms with Gasteiger partial charge in [-0.3, -0.25) is 4.79 Å². The number of nitrogens with zero attached hydrogens (tertiary/aromatic N) is 2. The molecule has 0 bridgehead atoms. The molecule has 1 N–H and O–H groups in total. The summed E-state index contributed by atoms with van der Waals surface area (Å²) in [5, 5.41) is 2.70. The van der Waals surface area contributed by atoms with Crippen LogP contribution >= 0.6 is 0 Å². The number of amides is 3. The summed E-state index contributed by atoms with van der Waals surface area (Å²) >= 11 is 0. The molecule has 3 amide bonds. The van der Waals surface area contributed by atoms with E-state index in [-0.39, 0.29) is 30.7 Å². The van der Waals surface area contributed by atoms with Gasteiger partial charge in [0.1, 0.15) is 18.2 Å². The van der Waals surface area contributed by atoms with Gasteiger partial charge in [0.15, 0.2) is 0 Å². The van der Waals surface area contributed by atoms with E-state index in [1.54, 1.807) is 24.0 Å². The molecule has 1 saturated carbocycles. The number of hydrogen-bond donors (Lipinski definition) is 1. The Balaban J connectivity index is 1.62. The normalized spacial score (nSPS) is 25.1. The van der Waals surface area contributed by atoms with Crippen LogP contribution < -0.4 is 5.32 Å². The molecule has 34 heavy (non-hydrogen) atoms. The predicted octanol–water partition coefficient (Wildman–Crippen LogP) is 3.32. The summed E-state index contributed by atoms with van der Waals surface area (Å²) in [6, 6.07) is 8.31. The average Bonchev–Trinajstić information content (AvgIpc) is 3.16. The Labute approximate surface area is 201 Å². The van der Waals surface area contributed by atoms with Gasteiger partial charge in [0, 0.05) is 20.7 Å². The molecule has 1 aliphatic carbocycles. The average molecular weight is 476 g/mol. The maximum absolute atomic E-state index is 13.2. The second-order valence-electron chi connectivity index (χ2n) is 9.98. The van der Waals surface area contributed by atoms with Gasteiger partial charge < -0.3 is 29.3 Å². The molecule has 0 aromatic heterocycles. The third-order valence-electron chi connectivity index (χ3n) is 6.39. The lowest BCUT2D eigenvalue weighted by Gasteiger charge is -2.44. The van der Waals surface area contributed by atoms with Crippen molar-refractivity contribution in [3.8, 4) is 0 Å². The zero-order valence-electron chi connectivity index (χ0n) is 20.8. The molecule has 3 rings (SSSR count). The Morgan fingerprint density at radius 1 is 1.15 bits per heavy atom. The van der Waals surface area contributed by atoms with Crippen LogP contribution in [0.2, 0.25) is 0 Å². The third kappa shape index (κ3) is 6.62. The Morgan fingerprint density at radius 2 is 1.85 bits per heavy atom. The van der Waals surface area contributed by atoms with Crippen LogP contribution in [0.3, 0.4) is 0 Å². The van der Waals surface area contributed by atoms with E-state index in [9.17, 15) is 14.4 Å². The molecule has 2 fully saturated rings. The first-order chi connectivity index (χ1) is 16.1. The van der Waals surface area contributed by atoms with Crippen molar-refractivity contribution < 1.29 is 28.6 Å².